The van der Waals surface area contributed by atoms with Gasteiger partial charge in [0.2, 0.25) is 5.91 Å². The van der Waals surface area contributed by atoms with Gasteiger partial charge < -0.3 is 19.8 Å². The number of aliphatic hydroxyl groups is 1. The summed E-state index contributed by atoms with van der Waals surface area (Å²) in [6, 6.07) is -0.759. The third kappa shape index (κ3) is 62.7. The number of allylic oxidation sites excluding steroid dienone is 2. The Bertz CT molecular complexity index is 1260. The summed E-state index contributed by atoms with van der Waals surface area (Å²) in [5.74, 6) is -0.136. The summed E-state index contributed by atoms with van der Waals surface area (Å²) in [4.78, 5) is 23.4. The Morgan fingerprint density at radius 3 is 1.00 bits per heavy atom. The SMILES string of the molecule is CCCCCCCCCC/C=C\CCCCCCCCCCCCCCCC(=O)NC(COP(=O)(O)OCC[N+](C)(C)C)C(O)CCCCCCCCCCCCCCCCCCCCCCCCCCCCCCCC. The molecule has 0 saturated heterocycles. The second-order valence-corrected chi connectivity index (χ2v) is 26.7. The minimum Gasteiger partial charge on any atom is -0.391 e. The number of unbranched alkanes of at least 4 members (excludes halogenated alkanes) is 50. The number of carbonyl (C=O) groups is 1. The number of quaternary nitrogens is 1. The van der Waals surface area contributed by atoms with E-state index in [4.69, 9.17) is 9.05 Å². The van der Waals surface area contributed by atoms with E-state index in [1.807, 2.05) is 21.1 Å². The van der Waals surface area contributed by atoms with E-state index in [9.17, 15) is 19.4 Å². The Balaban J connectivity index is 4.01. The van der Waals surface area contributed by atoms with Gasteiger partial charge in [0.1, 0.15) is 13.2 Å². The van der Waals surface area contributed by atoms with Crippen LogP contribution >= 0.6 is 7.82 Å². The molecule has 0 heterocycles. The standard InChI is InChI=1S/C68H137N2O6P/c1-6-8-10-12-14-16-18-20-22-24-26-28-30-32-33-34-35-36-38-39-41-43-45-47-49-51-53-55-57-59-61-67(71)66(65-76-77(73,74)75-64-63-70(3,4)5)69-68(72)62-60-58-56-54-52-50-48-46-44-42-40-37-31-29-27-25-23-21-19-17-15-13-11-9-7-2/h25,27,66-67,71H,6-24,26,28-65H2,1-5H3,(H-,69,72,73,74)/p+1/b27-25-. The summed E-state index contributed by atoms with van der Waals surface area (Å²) in [7, 11) is 1.64. The van der Waals surface area contributed by atoms with Crippen LogP contribution in [-0.4, -0.2) is 73.4 Å². The second-order valence-electron chi connectivity index (χ2n) is 25.3. The number of amides is 1. The summed E-state index contributed by atoms with van der Waals surface area (Å²) < 4.78 is 23.9. The summed E-state index contributed by atoms with van der Waals surface area (Å²) in [6.07, 6.45) is 76.0. The highest BCUT2D eigenvalue weighted by atomic mass is 31.2. The molecule has 0 aromatic rings. The first-order chi connectivity index (χ1) is 37.5. The van der Waals surface area contributed by atoms with Crippen LogP contribution < -0.4 is 5.32 Å². The molecule has 0 radical (unpaired) electrons. The molecule has 0 fully saturated rings. The number of aliphatic hydroxyl groups excluding tert-OH is 1. The van der Waals surface area contributed by atoms with Gasteiger partial charge in [0, 0.05) is 6.42 Å². The lowest BCUT2D eigenvalue weighted by atomic mass is 10.0. The van der Waals surface area contributed by atoms with Gasteiger partial charge in [-0.15, -0.1) is 0 Å². The molecule has 8 nitrogen and oxygen atoms in total. The fourth-order valence-corrected chi connectivity index (χ4v) is 11.6. The normalized spacial score (nSPS) is 13.7. The fraction of sp³-hybridized carbons (Fsp3) is 0.956. The molecule has 3 atom stereocenters. The van der Waals surface area contributed by atoms with Crippen molar-refractivity contribution < 1.29 is 32.9 Å². The van der Waals surface area contributed by atoms with Gasteiger partial charge in [-0.05, 0) is 38.5 Å². The maximum atomic E-state index is 13.1. The van der Waals surface area contributed by atoms with Crippen LogP contribution in [0.25, 0.3) is 0 Å². The first kappa shape index (κ1) is 76.2. The van der Waals surface area contributed by atoms with E-state index in [1.165, 1.54) is 302 Å². The van der Waals surface area contributed by atoms with Crippen LogP contribution in [0.3, 0.4) is 0 Å². The largest absolute Gasteiger partial charge is 0.472 e. The van der Waals surface area contributed by atoms with E-state index >= 15 is 0 Å². The van der Waals surface area contributed by atoms with Gasteiger partial charge in [-0.3, -0.25) is 13.8 Å². The molecule has 0 saturated carbocycles. The Morgan fingerprint density at radius 1 is 0.429 bits per heavy atom. The van der Waals surface area contributed by atoms with Gasteiger partial charge in [-0.2, -0.15) is 0 Å². The summed E-state index contributed by atoms with van der Waals surface area (Å²) in [5, 5.41) is 14.2. The van der Waals surface area contributed by atoms with Crippen molar-refractivity contribution in [3.05, 3.63) is 12.2 Å². The quantitative estimate of drug-likeness (QED) is 0.0243. The van der Waals surface area contributed by atoms with Crippen LogP contribution in [-0.2, 0) is 18.4 Å². The van der Waals surface area contributed by atoms with Crippen LogP contribution in [0.2, 0.25) is 0 Å². The average molecular weight is 1110 g/mol. The average Bonchev–Trinajstić information content (AvgIpc) is 3.39. The molecule has 3 unspecified atom stereocenters. The molecule has 3 N–H and O–H groups in total. The molecule has 0 spiro atoms. The molecule has 0 aliphatic rings. The minimum absolute atomic E-state index is 0.0778. The van der Waals surface area contributed by atoms with Crippen molar-refractivity contribution in [3.63, 3.8) is 0 Å². The van der Waals surface area contributed by atoms with Crippen molar-refractivity contribution in [1.29, 1.82) is 0 Å². The molecule has 460 valence electrons. The molecule has 0 aliphatic heterocycles. The molecule has 0 aliphatic carbocycles. The highest BCUT2D eigenvalue weighted by Gasteiger charge is 2.28. The van der Waals surface area contributed by atoms with Gasteiger partial charge in [-0.1, -0.05) is 334 Å². The number of rotatable bonds is 65. The number of phosphoric acid groups is 1. The zero-order valence-corrected chi connectivity index (χ0v) is 53.6. The third-order valence-electron chi connectivity index (χ3n) is 16.3. The molecule has 0 rings (SSSR count). The fourth-order valence-electron chi connectivity index (χ4n) is 10.9. The van der Waals surface area contributed by atoms with Gasteiger partial charge >= 0.3 is 7.82 Å². The number of carbonyl (C=O) groups excluding carboxylic acids is 1. The highest BCUT2D eigenvalue weighted by molar-refractivity contribution is 7.47. The predicted molar refractivity (Wildman–Crippen MR) is 337 cm³/mol. The molecule has 0 aromatic heterocycles. The van der Waals surface area contributed by atoms with Crippen molar-refractivity contribution in [1.82, 2.24) is 5.32 Å². The lowest BCUT2D eigenvalue weighted by Crippen LogP contribution is -2.46. The van der Waals surface area contributed by atoms with Crippen LogP contribution in [0.5, 0.6) is 0 Å². The maximum Gasteiger partial charge on any atom is 0.472 e. The van der Waals surface area contributed by atoms with Crippen LogP contribution in [0.4, 0.5) is 0 Å². The van der Waals surface area contributed by atoms with Crippen LogP contribution in [0, 0.1) is 0 Å². The summed E-state index contributed by atoms with van der Waals surface area (Å²) >= 11 is 0. The summed E-state index contributed by atoms with van der Waals surface area (Å²) in [6.45, 7) is 4.95. The van der Waals surface area contributed by atoms with E-state index in [-0.39, 0.29) is 19.1 Å². The van der Waals surface area contributed by atoms with Crippen molar-refractivity contribution in [2.24, 2.45) is 0 Å². The Labute approximate surface area is 482 Å². The number of nitrogens with zero attached hydrogens (tertiary/aromatic N) is 1. The van der Waals surface area contributed by atoms with Gasteiger partial charge in [-0.25, -0.2) is 4.57 Å². The van der Waals surface area contributed by atoms with E-state index in [0.717, 1.165) is 38.5 Å². The van der Waals surface area contributed by atoms with E-state index in [0.29, 0.717) is 23.9 Å². The highest BCUT2D eigenvalue weighted by Crippen LogP contribution is 2.43. The third-order valence-corrected chi connectivity index (χ3v) is 17.2. The monoisotopic (exact) mass is 1110 g/mol. The number of phosphoric ester groups is 1. The lowest BCUT2D eigenvalue weighted by Gasteiger charge is -2.26. The van der Waals surface area contributed by atoms with E-state index < -0.39 is 20.0 Å². The van der Waals surface area contributed by atoms with Crippen LogP contribution in [0.15, 0.2) is 12.2 Å². The first-order valence-corrected chi connectivity index (χ1v) is 36.0. The number of nitrogens with one attached hydrogen (secondary N) is 1. The maximum absolute atomic E-state index is 13.1. The molecule has 1 amide bonds. The first-order valence-electron chi connectivity index (χ1n) is 34.6. The number of likely N-dealkylation sites (N-methyl/N-ethyl adjacent to an activating group) is 1. The Hall–Kier alpha value is -0.760. The molecule has 77 heavy (non-hydrogen) atoms. The zero-order valence-electron chi connectivity index (χ0n) is 52.7. The number of hydrogen-bond acceptors (Lipinski definition) is 5. The molecular formula is C68H138N2O6P+. The second kappa shape index (κ2) is 59.8. The molecule has 9 heteroatoms. The van der Waals surface area contributed by atoms with E-state index in [1.54, 1.807) is 0 Å². The molecule has 0 bridgehead atoms. The molecule has 0 aromatic carbocycles. The van der Waals surface area contributed by atoms with Gasteiger partial charge in [0.25, 0.3) is 0 Å². The summed E-state index contributed by atoms with van der Waals surface area (Å²) in [5.41, 5.74) is 0. The predicted octanol–water partition coefficient (Wildman–Crippen LogP) is 21.7. The zero-order chi connectivity index (χ0) is 56.3. The van der Waals surface area contributed by atoms with Crippen molar-refractivity contribution in [2.45, 2.75) is 379 Å². The van der Waals surface area contributed by atoms with Crippen molar-refractivity contribution >= 4 is 13.7 Å². The molecular weight excluding hydrogens is 972 g/mol. The van der Waals surface area contributed by atoms with Crippen LogP contribution in [0.1, 0.15) is 367 Å². The topological polar surface area (TPSA) is 105 Å². The minimum atomic E-state index is -4.33. The van der Waals surface area contributed by atoms with Crippen molar-refractivity contribution in [2.75, 3.05) is 40.9 Å². The van der Waals surface area contributed by atoms with Crippen molar-refractivity contribution in [3.8, 4) is 0 Å². The lowest BCUT2D eigenvalue weighted by molar-refractivity contribution is -0.870. The van der Waals surface area contributed by atoms with Gasteiger partial charge in [0.15, 0.2) is 0 Å². The van der Waals surface area contributed by atoms with Gasteiger partial charge in [0.05, 0.1) is 39.9 Å². The Morgan fingerprint density at radius 2 is 0.701 bits per heavy atom. The van der Waals surface area contributed by atoms with E-state index in [2.05, 4.69) is 31.3 Å². The number of hydrogen-bond donors (Lipinski definition) is 3. The Kier molecular flexibility index (Phi) is 59.3. The smallest absolute Gasteiger partial charge is 0.391 e.